The van der Waals surface area contributed by atoms with Crippen molar-refractivity contribution in [2.24, 2.45) is 0 Å². The third-order valence-corrected chi connectivity index (χ3v) is 8.22. The fraction of sp³-hybridized carbons (Fsp3) is 0.750. The molecule has 1 aromatic heterocycles. The number of hydrogen-bond donors (Lipinski definition) is 1. The second-order valence-electron chi connectivity index (χ2n) is 8.26. The molecule has 6 nitrogen and oxygen atoms in total. The maximum absolute atomic E-state index is 12.6. The maximum atomic E-state index is 12.6. The van der Waals surface area contributed by atoms with Gasteiger partial charge in [-0.05, 0) is 57.2 Å². The van der Waals surface area contributed by atoms with Gasteiger partial charge in [-0.2, -0.15) is 4.31 Å². The van der Waals surface area contributed by atoms with Gasteiger partial charge in [-0.15, -0.1) is 0 Å². The normalized spacial score (nSPS) is 26.3. The number of nitrogens with one attached hydrogen (secondary N) is 1. The van der Waals surface area contributed by atoms with Gasteiger partial charge in [0.2, 0.25) is 10.0 Å². The largest absolute Gasteiger partial charge is 0.366 e. The number of aromatic nitrogens is 1. The van der Waals surface area contributed by atoms with E-state index in [1.165, 1.54) is 51.3 Å². The molecule has 4 rings (SSSR count). The van der Waals surface area contributed by atoms with Gasteiger partial charge >= 0.3 is 0 Å². The zero-order valence-corrected chi connectivity index (χ0v) is 17.0. The van der Waals surface area contributed by atoms with E-state index in [1.54, 1.807) is 10.4 Å². The van der Waals surface area contributed by atoms with Crippen LogP contribution >= 0.6 is 0 Å². The number of anilines is 1. The Hall–Kier alpha value is -1.18. The Labute approximate surface area is 163 Å². The number of sulfonamides is 1. The van der Waals surface area contributed by atoms with Crippen LogP contribution in [0, 0.1) is 0 Å². The molecule has 1 aromatic rings. The van der Waals surface area contributed by atoms with Crippen LogP contribution in [0.1, 0.15) is 57.8 Å². The van der Waals surface area contributed by atoms with Gasteiger partial charge in [-0.1, -0.05) is 19.3 Å². The second-order valence-corrected chi connectivity index (χ2v) is 10.2. The van der Waals surface area contributed by atoms with Gasteiger partial charge in [-0.25, -0.2) is 13.4 Å². The molecule has 1 saturated carbocycles. The van der Waals surface area contributed by atoms with E-state index in [0.717, 1.165) is 37.7 Å². The number of pyridine rings is 1. The molecule has 2 saturated heterocycles. The molecule has 0 bridgehead atoms. The molecule has 1 N–H and O–H groups in total. The molecule has 1 aliphatic carbocycles. The Bertz CT molecular complexity index is 710. The summed E-state index contributed by atoms with van der Waals surface area (Å²) in [6.45, 7) is 3.53. The van der Waals surface area contributed by atoms with Crippen molar-refractivity contribution in [1.29, 1.82) is 0 Å². The van der Waals surface area contributed by atoms with Crippen molar-refractivity contribution in [2.45, 2.75) is 74.8 Å². The van der Waals surface area contributed by atoms with Crippen molar-refractivity contribution in [3.05, 3.63) is 18.3 Å². The van der Waals surface area contributed by atoms with Gasteiger partial charge in [0, 0.05) is 37.9 Å². The predicted molar refractivity (Wildman–Crippen MR) is 107 cm³/mol. The summed E-state index contributed by atoms with van der Waals surface area (Å²) in [5.74, 6) is 0.783. The van der Waals surface area contributed by atoms with Crippen LogP contribution in [0.25, 0.3) is 0 Å². The second kappa shape index (κ2) is 8.45. The minimum absolute atomic E-state index is 0.308. The van der Waals surface area contributed by atoms with Crippen LogP contribution in [0.4, 0.5) is 5.82 Å². The zero-order chi connectivity index (χ0) is 18.7. The molecule has 0 aromatic carbocycles. The molecular formula is C20H32N4O2S. The van der Waals surface area contributed by atoms with E-state index in [0.29, 0.717) is 24.0 Å². The molecule has 150 valence electrons. The lowest BCUT2D eigenvalue weighted by Crippen LogP contribution is -2.47. The molecule has 3 fully saturated rings. The number of rotatable bonds is 5. The van der Waals surface area contributed by atoms with E-state index in [4.69, 9.17) is 0 Å². The first-order valence-electron chi connectivity index (χ1n) is 10.6. The van der Waals surface area contributed by atoms with E-state index in [9.17, 15) is 8.42 Å². The van der Waals surface area contributed by atoms with E-state index in [-0.39, 0.29) is 0 Å². The van der Waals surface area contributed by atoms with Crippen LogP contribution in [0.15, 0.2) is 23.2 Å². The Morgan fingerprint density at radius 2 is 1.70 bits per heavy atom. The molecule has 27 heavy (non-hydrogen) atoms. The SMILES string of the molecule is O=S(=O)(c1ccc(NC2CCCN(C3CCCCC3)C2)nc1)N1CCCC1. The molecule has 1 atom stereocenters. The summed E-state index contributed by atoms with van der Waals surface area (Å²) >= 11 is 0. The van der Waals surface area contributed by atoms with Crippen LogP contribution < -0.4 is 5.32 Å². The quantitative estimate of drug-likeness (QED) is 0.834. The summed E-state index contributed by atoms with van der Waals surface area (Å²) in [4.78, 5) is 7.38. The van der Waals surface area contributed by atoms with Crippen molar-refractivity contribution in [3.63, 3.8) is 0 Å². The number of piperidine rings is 1. The van der Waals surface area contributed by atoms with Gasteiger partial charge in [0.25, 0.3) is 0 Å². The van der Waals surface area contributed by atoms with Crippen molar-refractivity contribution < 1.29 is 8.42 Å². The molecule has 0 amide bonds. The van der Waals surface area contributed by atoms with E-state index in [2.05, 4.69) is 15.2 Å². The topological polar surface area (TPSA) is 65.5 Å². The summed E-state index contributed by atoms with van der Waals surface area (Å²) in [6, 6.07) is 4.67. The highest BCUT2D eigenvalue weighted by molar-refractivity contribution is 7.89. The summed E-state index contributed by atoms with van der Waals surface area (Å²) in [5, 5.41) is 3.54. The highest BCUT2D eigenvalue weighted by atomic mass is 32.2. The Morgan fingerprint density at radius 1 is 0.926 bits per heavy atom. The maximum Gasteiger partial charge on any atom is 0.244 e. The van der Waals surface area contributed by atoms with Crippen molar-refractivity contribution in [2.75, 3.05) is 31.5 Å². The minimum Gasteiger partial charge on any atom is -0.366 e. The lowest BCUT2D eigenvalue weighted by molar-refractivity contribution is 0.124. The van der Waals surface area contributed by atoms with E-state index in [1.807, 2.05) is 6.07 Å². The average molecular weight is 393 g/mol. The highest BCUT2D eigenvalue weighted by Gasteiger charge is 2.29. The fourth-order valence-electron chi connectivity index (χ4n) is 4.81. The number of hydrogen-bond acceptors (Lipinski definition) is 5. The van der Waals surface area contributed by atoms with Gasteiger partial charge in [0.1, 0.15) is 10.7 Å². The van der Waals surface area contributed by atoms with Crippen LogP contribution in [0.2, 0.25) is 0 Å². The summed E-state index contributed by atoms with van der Waals surface area (Å²) in [7, 11) is -3.38. The Balaban J connectivity index is 1.36. The van der Waals surface area contributed by atoms with E-state index < -0.39 is 10.0 Å². The monoisotopic (exact) mass is 392 g/mol. The highest BCUT2D eigenvalue weighted by Crippen LogP contribution is 2.26. The van der Waals surface area contributed by atoms with Crippen LogP contribution in [-0.2, 0) is 10.0 Å². The average Bonchev–Trinajstić information content (AvgIpc) is 3.25. The third-order valence-electron chi connectivity index (χ3n) is 6.34. The summed E-state index contributed by atoms with van der Waals surface area (Å²) in [6.07, 6.45) is 12.6. The molecule has 3 aliphatic rings. The van der Waals surface area contributed by atoms with Gasteiger partial charge < -0.3 is 5.32 Å². The van der Waals surface area contributed by atoms with Crippen molar-refractivity contribution in [3.8, 4) is 0 Å². The number of likely N-dealkylation sites (tertiary alicyclic amines) is 1. The van der Waals surface area contributed by atoms with Crippen molar-refractivity contribution in [1.82, 2.24) is 14.2 Å². The molecule has 0 radical (unpaired) electrons. The molecule has 2 aliphatic heterocycles. The minimum atomic E-state index is -3.38. The Morgan fingerprint density at radius 3 is 2.41 bits per heavy atom. The first kappa shape index (κ1) is 19.2. The lowest BCUT2D eigenvalue weighted by atomic mass is 9.92. The van der Waals surface area contributed by atoms with Gasteiger partial charge in [0.05, 0.1) is 0 Å². The molecule has 1 unspecified atom stereocenters. The zero-order valence-electron chi connectivity index (χ0n) is 16.1. The fourth-order valence-corrected chi connectivity index (χ4v) is 6.27. The molecule has 0 spiro atoms. The van der Waals surface area contributed by atoms with Gasteiger partial charge in [-0.3, -0.25) is 4.90 Å². The van der Waals surface area contributed by atoms with Crippen LogP contribution in [-0.4, -0.2) is 60.9 Å². The van der Waals surface area contributed by atoms with E-state index >= 15 is 0 Å². The molecule has 7 heteroatoms. The number of nitrogens with zero attached hydrogens (tertiary/aromatic N) is 3. The lowest BCUT2D eigenvalue weighted by Gasteiger charge is -2.40. The Kier molecular flexibility index (Phi) is 5.99. The van der Waals surface area contributed by atoms with Crippen LogP contribution in [0.5, 0.6) is 0 Å². The van der Waals surface area contributed by atoms with Gasteiger partial charge in [0.15, 0.2) is 0 Å². The standard InChI is InChI=1S/C20H32N4O2S/c25-27(26,24-13-4-5-14-24)19-10-11-20(21-15-19)22-17-7-6-12-23(16-17)18-8-2-1-3-9-18/h10-11,15,17-18H,1-9,12-14,16H2,(H,21,22). The third kappa shape index (κ3) is 4.46. The first-order valence-corrected chi connectivity index (χ1v) is 12.0. The summed E-state index contributed by atoms with van der Waals surface area (Å²) in [5.41, 5.74) is 0. The molecule has 3 heterocycles. The van der Waals surface area contributed by atoms with Crippen LogP contribution in [0.3, 0.4) is 0 Å². The smallest absolute Gasteiger partial charge is 0.244 e. The molecular weight excluding hydrogens is 360 g/mol. The van der Waals surface area contributed by atoms with Crippen molar-refractivity contribution >= 4 is 15.8 Å². The predicted octanol–water partition coefficient (Wildman–Crippen LogP) is 3.08. The first-order chi connectivity index (χ1) is 13.1. The summed E-state index contributed by atoms with van der Waals surface area (Å²) < 4.78 is 26.8.